The van der Waals surface area contributed by atoms with Gasteiger partial charge in [0.15, 0.2) is 0 Å². The Morgan fingerprint density at radius 1 is 1.33 bits per heavy atom. The summed E-state index contributed by atoms with van der Waals surface area (Å²) in [6, 6.07) is 3.76. The normalized spacial score (nSPS) is 18.3. The summed E-state index contributed by atoms with van der Waals surface area (Å²) in [6.07, 6.45) is -2.21. The van der Waals surface area contributed by atoms with Crippen molar-refractivity contribution < 1.29 is 18.3 Å². The maximum absolute atomic E-state index is 12.8. The zero-order valence-corrected chi connectivity index (χ0v) is 11.1. The molecule has 0 amide bonds. The quantitative estimate of drug-likeness (QED) is 0.886. The van der Waals surface area contributed by atoms with Crippen LogP contribution in [0.3, 0.4) is 0 Å². The summed E-state index contributed by atoms with van der Waals surface area (Å²) in [5.41, 5.74) is -1.57. The molecule has 100 valence electrons. The van der Waals surface area contributed by atoms with Crippen molar-refractivity contribution in [1.82, 2.24) is 0 Å². The van der Waals surface area contributed by atoms with E-state index in [4.69, 9.17) is 0 Å². The molecule has 2 rings (SSSR count). The third-order valence-corrected chi connectivity index (χ3v) is 3.67. The minimum atomic E-state index is -4.40. The van der Waals surface area contributed by atoms with Gasteiger partial charge >= 0.3 is 6.18 Å². The molecule has 0 bridgehead atoms. The van der Waals surface area contributed by atoms with Crippen LogP contribution in [0.5, 0.6) is 0 Å². The van der Waals surface area contributed by atoms with Crippen molar-refractivity contribution in [2.24, 2.45) is 0 Å². The van der Waals surface area contributed by atoms with E-state index in [9.17, 15) is 18.3 Å². The molecule has 0 atom stereocenters. The summed E-state index contributed by atoms with van der Waals surface area (Å²) in [5, 5.41) is 12.6. The maximum Gasteiger partial charge on any atom is 0.418 e. The number of hydrogen-bond donors (Lipinski definition) is 2. The Labute approximate surface area is 111 Å². The fourth-order valence-corrected chi connectivity index (χ4v) is 2.29. The Hall–Kier alpha value is -0.750. The summed E-state index contributed by atoms with van der Waals surface area (Å²) >= 11 is 3.14. The fraction of sp³-hybridized carbons (Fsp3) is 0.500. The molecule has 0 aromatic heterocycles. The lowest BCUT2D eigenvalue weighted by Crippen LogP contribution is -2.43. The average molecular weight is 324 g/mol. The molecule has 2 N–H and O–H groups in total. The lowest BCUT2D eigenvalue weighted by molar-refractivity contribution is -0.137. The predicted octanol–water partition coefficient (Wildman–Crippen LogP) is 3.79. The van der Waals surface area contributed by atoms with E-state index < -0.39 is 17.3 Å². The highest BCUT2D eigenvalue weighted by molar-refractivity contribution is 9.10. The van der Waals surface area contributed by atoms with Crippen LogP contribution in [-0.2, 0) is 6.18 Å². The molecule has 1 fully saturated rings. The smallest absolute Gasteiger partial charge is 0.388 e. The average Bonchev–Trinajstić information content (AvgIpc) is 2.22. The number of hydrogen-bond acceptors (Lipinski definition) is 2. The van der Waals surface area contributed by atoms with Crippen LogP contribution in [-0.4, -0.2) is 17.3 Å². The first-order valence-electron chi connectivity index (χ1n) is 5.63. The molecule has 18 heavy (non-hydrogen) atoms. The molecule has 1 aliphatic carbocycles. The van der Waals surface area contributed by atoms with Crippen LogP contribution >= 0.6 is 15.9 Å². The number of nitrogens with one attached hydrogen (secondary N) is 1. The number of aliphatic hydroxyl groups is 1. The van der Waals surface area contributed by atoms with Gasteiger partial charge in [-0.25, -0.2) is 0 Å². The topological polar surface area (TPSA) is 32.3 Å². The monoisotopic (exact) mass is 323 g/mol. The molecule has 1 aromatic carbocycles. The molecule has 1 aliphatic rings. The Morgan fingerprint density at radius 3 is 2.50 bits per heavy atom. The van der Waals surface area contributed by atoms with Gasteiger partial charge in [-0.3, -0.25) is 0 Å². The van der Waals surface area contributed by atoms with Crippen molar-refractivity contribution in [2.45, 2.75) is 31.0 Å². The molecule has 1 aromatic rings. The highest BCUT2D eigenvalue weighted by atomic mass is 79.9. The summed E-state index contributed by atoms with van der Waals surface area (Å²) in [4.78, 5) is 0. The van der Waals surface area contributed by atoms with E-state index in [-0.39, 0.29) is 12.2 Å². The molecule has 2 nitrogen and oxygen atoms in total. The summed E-state index contributed by atoms with van der Waals surface area (Å²) in [5.74, 6) is 0. The van der Waals surface area contributed by atoms with Crippen LogP contribution < -0.4 is 5.32 Å². The van der Waals surface area contributed by atoms with Gasteiger partial charge in [0.25, 0.3) is 0 Å². The first-order valence-corrected chi connectivity index (χ1v) is 6.42. The lowest BCUT2D eigenvalue weighted by atomic mass is 9.80. The first kappa shape index (κ1) is 13.7. The van der Waals surface area contributed by atoms with Crippen LogP contribution in [0, 0.1) is 0 Å². The van der Waals surface area contributed by atoms with Crippen LogP contribution in [0.25, 0.3) is 0 Å². The van der Waals surface area contributed by atoms with Crippen molar-refractivity contribution in [2.75, 3.05) is 11.9 Å². The molecule has 0 radical (unpaired) electrons. The van der Waals surface area contributed by atoms with E-state index in [1.54, 1.807) is 0 Å². The van der Waals surface area contributed by atoms with Crippen LogP contribution in [0.15, 0.2) is 22.7 Å². The maximum atomic E-state index is 12.8. The highest BCUT2D eigenvalue weighted by Crippen LogP contribution is 2.37. The Bertz CT molecular complexity index is 443. The highest BCUT2D eigenvalue weighted by Gasteiger charge is 2.36. The summed E-state index contributed by atoms with van der Waals surface area (Å²) in [7, 11) is 0. The molecule has 6 heteroatoms. The standard InChI is InChI=1S/C12H13BrF3NO/c13-8-2-3-9(12(14,15)16)10(6-8)17-7-11(18)4-1-5-11/h2-3,6,17-18H,1,4-5,7H2. The van der Waals surface area contributed by atoms with Gasteiger partial charge in [-0.2, -0.15) is 13.2 Å². The van der Waals surface area contributed by atoms with Crippen molar-refractivity contribution in [3.05, 3.63) is 28.2 Å². The Kier molecular flexibility index (Phi) is 3.60. The van der Waals surface area contributed by atoms with E-state index in [2.05, 4.69) is 21.2 Å². The second kappa shape index (κ2) is 4.74. The van der Waals surface area contributed by atoms with Crippen molar-refractivity contribution in [1.29, 1.82) is 0 Å². The predicted molar refractivity (Wildman–Crippen MR) is 66.4 cm³/mol. The van der Waals surface area contributed by atoms with Gasteiger partial charge < -0.3 is 10.4 Å². The number of alkyl halides is 3. The molecule has 1 saturated carbocycles. The number of benzene rings is 1. The number of rotatable bonds is 3. The molecular weight excluding hydrogens is 311 g/mol. The van der Waals surface area contributed by atoms with Crippen LogP contribution in [0.4, 0.5) is 18.9 Å². The summed E-state index contributed by atoms with van der Waals surface area (Å²) < 4.78 is 38.9. The zero-order valence-electron chi connectivity index (χ0n) is 9.52. The van der Waals surface area contributed by atoms with Crippen molar-refractivity contribution >= 4 is 21.6 Å². The van der Waals surface area contributed by atoms with Crippen LogP contribution in [0.1, 0.15) is 24.8 Å². The number of anilines is 1. The SMILES string of the molecule is OC1(CNc2cc(Br)ccc2C(F)(F)F)CCC1. The van der Waals surface area contributed by atoms with E-state index in [0.29, 0.717) is 17.3 Å². The third kappa shape index (κ3) is 2.98. The second-order valence-corrected chi connectivity index (χ2v) is 5.53. The fourth-order valence-electron chi connectivity index (χ4n) is 1.93. The van der Waals surface area contributed by atoms with Crippen LogP contribution in [0.2, 0.25) is 0 Å². The van der Waals surface area contributed by atoms with E-state index in [1.165, 1.54) is 12.1 Å². The van der Waals surface area contributed by atoms with Gasteiger partial charge in [0.2, 0.25) is 0 Å². The largest absolute Gasteiger partial charge is 0.418 e. The molecule has 0 heterocycles. The molecule has 0 saturated heterocycles. The van der Waals surface area contributed by atoms with Gasteiger partial charge in [-0.05, 0) is 37.5 Å². The van der Waals surface area contributed by atoms with Gasteiger partial charge in [0.1, 0.15) is 0 Å². The minimum Gasteiger partial charge on any atom is -0.388 e. The zero-order chi connectivity index (χ0) is 13.4. The van der Waals surface area contributed by atoms with Crippen molar-refractivity contribution in [3.8, 4) is 0 Å². The molecule has 0 unspecified atom stereocenters. The van der Waals surface area contributed by atoms with Gasteiger partial charge in [0, 0.05) is 16.7 Å². The molecule has 0 aliphatic heterocycles. The Morgan fingerprint density at radius 2 is 2.00 bits per heavy atom. The number of halogens is 4. The minimum absolute atomic E-state index is 0.00259. The van der Waals surface area contributed by atoms with Crippen molar-refractivity contribution in [3.63, 3.8) is 0 Å². The lowest BCUT2D eigenvalue weighted by Gasteiger charge is -2.37. The van der Waals surface area contributed by atoms with Gasteiger partial charge in [-0.1, -0.05) is 15.9 Å². The molecular formula is C12H13BrF3NO. The Balaban J connectivity index is 2.17. The van der Waals surface area contributed by atoms with Gasteiger partial charge in [-0.15, -0.1) is 0 Å². The van der Waals surface area contributed by atoms with E-state index in [0.717, 1.165) is 12.5 Å². The van der Waals surface area contributed by atoms with Gasteiger partial charge in [0.05, 0.1) is 11.2 Å². The van der Waals surface area contributed by atoms with E-state index in [1.807, 2.05) is 0 Å². The molecule has 0 spiro atoms. The third-order valence-electron chi connectivity index (χ3n) is 3.18. The summed E-state index contributed by atoms with van der Waals surface area (Å²) in [6.45, 7) is 0.145. The first-order chi connectivity index (χ1) is 8.30. The second-order valence-electron chi connectivity index (χ2n) is 4.62. The van der Waals surface area contributed by atoms with E-state index >= 15 is 0 Å².